The number of nitrogens with zero attached hydrogens (tertiary/aromatic N) is 1. The number of aliphatic hydroxyl groups is 1. The molecule has 15 heavy (non-hydrogen) atoms. The van der Waals surface area contributed by atoms with Gasteiger partial charge in [0.25, 0.3) is 0 Å². The maximum absolute atomic E-state index is 10.8. The van der Waals surface area contributed by atoms with Crippen LogP contribution in [-0.2, 0) is 4.79 Å². The Morgan fingerprint density at radius 3 is 2.73 bits per heavy atom. The van der Waals surface area contributed by atoms with E-state index in [9.17, 15) is 9.90 Å². The number of aliphatic carboxylic acids is 1. The zero-order valence-electron chi connectivity index (χ0n) is 9.57. The average molecular weight is 215 g/mol. The molecular formula is C11H21NO3. The first-order valence-electron chi connectivity index (χ1n) is 5.56. The quantitative estimate of drug-likeness (QED) is 0.733. The van der Waals surface area contributed by atoms with Gasteiger partial charge in [-0.15, -0.1) is 0 Å². The van der Waals surface area contributed by atoms with Gasteiger partial charge < -0.3 is 15.1 Å². The molecule has 1 aliphatic rings. The summed E-state index contributed by atoms with van der Waals surface area (Å²) < 4.78 is 0. The molecule has 2 N–H and O–H groups in total. The number of piperidine rings is 1. The Bertz CT molecular complexity index is 222. The van der Waals surface area contributed by atoms with Crippen molar-refractivity contribution in [3.05, 3.63) is 0 Å². The van der Waals surface area contributed by atoms with Crippen LogP contribution in [0.5, 0.6) is 0 Å². The molecule has 0 aromatic rings. The second-order valence-corrected chi connectivity index (χ2v) is 5.04. The molecule has 1 saturated heterocycles. The molecule has 1 fully saturated rings. The maximum Gasteiger partial charge on any atom is 0.307 e. The van der Waals surface area contributed by atoms with Crippen LogP contribution in [0.4, 0.5) is 0 Å². The third-order valence-electron chi connectivity index (χ3n) is 2.89. The normalized spacial score (nSPS) is 24.1. The summed E-state index contributed by atoms with van der Waals surface area (Å²) in [4.78, 5) is 13.0. The molecule has 0 radical (unpaired) electrons. The highest BCUT2D eigenvalue weighted by Gasteiger charge is 2.26. The van der Waals surface area contributed by atoms with Crippen molar-refractivity contribution in [3.8, 4) is 0 Å². The molecule has 1 heterocycles. The first kappa shape index (κ1) is 12.5. The molecular weight excluding hydrogens is 194 g/mol. The van der Waals surface area contributed by atoms with E-state index in [0.717, 1.165) is 25.9 Å². The molecule has 0 amide bonds. The van der Waals surface area contributed by atoms with E-state index in [1.54, 1.807) is 13.8 Å². The minimum atomic E-state index is -0.692. The van der Waals surface area contributed by atoms with Gasteiger partial charge in [0, 0.05) is 13.1 Å². The Balaban J connectivity index is 2.34. The predicted molar refractivity (Wildman–Crippen MR) is 57.7 cm³/mol. The third-order valence-corrected chi connectivity index (χ3v) is 2.89. The summed E-state index contributed by atoms with van der Waals surface area (Å²) in [5.41, 5.74) is -0.657. The van der Waals surface area contributed by atoms with Gasteiger partial charge in [-0.05, 0) is 39.7 Å². The van der Waals surface area contributed by atoms with Gasteiger partial charge in [0.05, 0.1) is 11.5 Å². The predicted octanol–water partition coefficient (Wildman–Crippen LogP) is 0.944. The molecule has 1 aliphatic heterocycles. The van der Waals surface area contributed by atoms with Crippen LogP contribution in [0.1, 0.15) is 33.1 Å². The fraction of sp³-hybridized carbons (Fsp3) is 0.909. The van der Waals surface area contributed by atoms with Crippen molar-refractivity contribution in [2.75, 3.05) is 19.6 Å². The molecule has 4 heteroatoms. The van der Waals surface area contributed by atoms with Crippen molar-refractivity contribution in [3.63, 3.8) is 0 Å². The highest BCUT2D eigenvalue weighted by atomic mass is 16.4. The second kappa shape index (κ2) is 4.94. The number of likely N-dealkylation sites (tertiary alicyclic amines) is 1. The molecule has 1 atom stereocenters. The molecule has 0 spiro atoms. The smallest absolute Gasteiger partial charge is 0.307 e. The molecule has 0 bridgehead atoms. The number of hydrogen-bond donors (Lipinski definition) is 2. The highest BCUT2D eigenvalue weighted by molar-refractivity contribution is 5.70. The van der Waals surface area contributed by atoms with E-state index in [-0.39, 0.29) is 5.92 Å². The summed E-state index contributed by atoms with van der Waals surface area (Å²) in [6.45, 7) is 5.94. The van der Waals surface area contributed by atoms with Crippen molar-refractivity contribution in [2.24, 2.45) is 5.92 Å². The lowest BCUT2D eigenvalue weighted by Gasteiger charge is -2.32. The van der Waals surface area contributed by atoms with E-state index in [0.29, 0.717) is 13.0 Å². The van der Waals surface area contributed by atoms with Crippen molar-refractivity contribution in [2.45, 2.75) is 38.7 Å². The van der Waals surface area contributed by atoms with Gasteiger partial charge in [-0.2, -0.15) is 0 Å². The van der Waals surface area contributed by atoms with Crippen LogP contribution in [0.3, 0.4) is 0 Å². The van der Waals surface area contributed by atoms with E-state index in [2.05, 4.69) is 4.90 Å². The number of rotatable bonds is 4. The Kier molecular flexibility index (Phi) is 4.11. The summed E-state index contributed by atoms with van der Waals surface area (Å²) in [6, 6.07) is 0. The van der Waals surface area contributed by atoms with E-state index in [1.807, 2.05) is 0 Å². The third kappa shape index (κ3) is 4.62. The summed E-state index contributed by atoms with van der Waals surface area (Å²) in [5.74, 6) is -0.913. The van der Waals surface area contributed by atoms with Crippen molar-refractivity contribution >= 4 is 5.97 Å². The molecule has 1 unspecified atom stereocenters. The van der Waals surface area contributed by atoms with Crippen molar-refractivity contribution in [1.82, 2.24) is 4.90 Å². The van der Waals surface area contributed by atoms with Gasteiger partial charge in [0.2, 0.25) is 0 Å². The molecule has 0 aromatic heterocycles. The fourth-order valence-corrected chi connectivity index (χ4v) is 1.89. The zero-order valence-corrected chi connectivity index (χ0v) is 9.57. The molecule has 0 saturated carbocycles. The molecule has 0 aromatic carbocycles. The first-order valence-corrected chi connectivity index (χ1v) is 5.56. The second-order valence-electron chi connectivity index (χ2n) is 5.04. The lowest BCUT2D eigenvalue weighted by atomic mass is 9.97. The number of carboxylic acids is 1. The van der Waals surface area contributed by atoms with Crippen LogP contribution in [0.25, 0.3) is 0 Å². The summed E-state index contributed by atoms with van der Waals surface area (Å²) in [6.07, 6.45) is 2.43. The highest BCUT2D eigenvalue weighted by Crippen LogP contribution is 2.18. The van der Waals surface area contributed by atoms with Crippen LogP contribution in [-0.4, -0.2) is 46.3 Å². The average Bonchev–Trinajstić information content (AvgIpc) is 2.14. The van der Waals surface area contributed by atoms with Gasteiger partial charge in [-0.1, -0.05) is 0 Å². The summed E-state index contributed by atoms with van der Waals surface area (Å²) in [7, 11) is 0. The van der Waals surface area contributed by atoms with E-state index >= 15 is 0 Å². The zero-order chi connectivity index (χ0) is 11.5. The largest absolute Gasteiger partial charge is 0.481 e. The van der Waals surface area contributed by atoms with Gasteiger partial charge in [-0.3, -0.25) is 4.79 Å². The fourth-order valence-electron chi connectivity index (χ4n) is 1.89. The SMILES string of the molecule is CC(C)(O)CCN1CCCC(C(=O)O)C1. The molecule has 88 valence electrons. The number of hydrogen-bond acceptors (Lipinski definition) is 3. The van der Waals surface area contributed by atoms with Crippen LogP contribution in [0, 0.1) is 5.92 Å². The van der Waals surface area contributed by atoms with Crippen molar-refractivity contribution in [1.29, 1.82) is 0 Å². The number of carboxylic acid groups (broad SMARTS) is 1. The van der Waals surface area contributed by atoms with Gasteiger partial charge in [0.1, 0.15) is 0 Å². The van der Waals surface area contributed by atoms with Gasteiger partial charge >= 0.3 is 5.97 Å². The lowest BCUT2D eigenvalue weighted by Crippen LogP contribution is -2.40. The van der Waals surface area contributed by atoms with Gasteiger partial charge in [-0.25, -0.2) is 0 Å². The Labute approximate surface area is 90.9 Å². The van der Waals surface area contributed by atoms with Gasteiger partial charge in [0.15, 0.2) is 0 Å². The Morgan fingerprint density at radius 2 is 2.20 bits per heavy atom. The minimum Gasteiger partial charge on any atom is -0.481 e. The topological polar surface area (TPSA) is 60.8 Å². The van der Waals surface area contributed by atoms with Crippen LogP contribution < -0.4 is 0 Å². The van der Waals surface area contributed by atoms with E-state index in [4.69, 9.17) is 5.11 Å². The van der Waals surface area contributed by atoms with Crippen LogP contribution in [0.2, 0.25) is 0 Å². The Morgan fingerprint density at radius 1 is 1.53 bits per heavy atom. The molecule has 1 rings (SSSR count). The lowest BCUT2D eigenvalue weighted by molar-refractivity contribution is -0.143. The standard InChI is InChI=1S/C11H21NO3/c1-11(2,15)5-7-12-6-3-4-9(8-12)10(13)14/h9,15H,3-8H2,1-2H3,(H,13,14). The molecule has 4 nitrogen and oxygen atoms in total. The minimum absolute atomic E-state index is 0.222. The van der Waals surface area contributed by atoms with Crippen LogP contribution in [0.15, 0.2) is 0 Å². The van der Waals surface area contributed by atoms with E-state index in [1.165, 1.54) is 0 Å². The summed E-state index contributed by atoms with van der Waals surface area (Å²) in [5, 5.41) is 18.5. The maximum atomic E-state index is 10.8. The van der Waals surface area contributed by atoms with Crippen LogP contribution >= 0.6 is 0 Å². The summed E-state index contributed by atoms with van der Waals surface area (Å²) >= 11 is 0. The number of carbonyl (C=O) groups is 1. The molecule has 0 aliphatic carbocycles. The van der Waals surface area contributed by atoms with E-state index < -0.39 is 11.6 Å². The monoisotopic (exact) mass is 215 g/mol. The first-order chi connectivity index (χ1) is 6.88. The van der Waals surface area contributed by atoms with Crippen molar-refractivity contribution < 1.29 is 15.0 Å². The Hall–Kier alpha value is -0.610.